The normalized spacial score (nSPS) is 15.3. The molecule has 3 rings (SSSR count). The highest BCUT2D eigenvalue weighted by molar-refractivity contribution is 5.93. The van der Waals surface area contributed by atoms with Gasteiger partial charge >= 0.3 is 0 Å². The van der Waals surface area contributed by atoms with Crippen molar-refractivity contribution in [2.45, 2.75) is 26.8 Å². The monoisotopic (exact) mass is 422 g/mol. The van der Waals surface area contributed by atoms with Crippen LogP contribution in [0.5, 0.6) is 0 Å². The van der Waals surface area contributed by atoms with Crippen LogP contribution in [0.1, 0.15) is 28.8 Å². The molecule has 0 unspecified atom stereocenters. The lowest BCUT2D eigenvalue weighted by Gasteiger charge is -2.21. The van der Waals surface area contributed by atoms with Crippen LogP contribution >= 0.6 is 0 Å². The lowest BCUT2D eigenvalue weighted by atomic mass is 10.2. The topological polar surface area (TPSA) is 107 Å². The van der Waals surface area contributed by atoms with Crippen LogP contribution in [-0.2, 0) is 16.1 Å². The summed E-state index contributed by atoms with van der Waals surface area (Å²) < 4.78 is 2.00. The lowest BCUT2D eigenvalue weighted by Crippen LogP contribution is -2.38. The third-order valence-electron chi connectivity index (χ3n) is 5.81. The molecule has 1 aromatic carbocycles. The molecule has 0 radical (unpaired) electrons. The van der Waals surface area contributed by atoms with Crippen LogP contribution < -0.4 is 11.1 Å². The minimum Gasteiger partial charge on any atom is -0.369 e. The fourth-order valence-electron chi connectivity index (χ4n) is 4.03. The molecule has 3 N–H and O–H groups in total. The molecule has 0 bridgehead atoms. The zero-order chi connectivity index (χ0) is 22.4. The second-order valence-corrected chi connectivity index (χ2v) is 8.04. The molecule has 1 fully saturated rings. The molecule has 8 nitrogen and oxygen atoms in total. The van der Waals surface area contributed by atoms with Crippen molar-refractivity contribution in [3.63, 3.8) is 0 Å². The molecule has 1 aromatic heterocycles. The number of nitriles is 1. The first-order chi connectivity index (χ1) is 14.9. The number of hydrogen-bond donors (Lipinski definition) is 2. The van der Waals surface area contributed by atoms with Crippen LogP contribution in [0.25, 0.3) is 0 Å². The van der Waals surface area contributed by atoms with Gasteiger partial charge in [-0.15, -0.1) is 0 Å². The molecule has 8 heteroatoms. The molecular weight excluding hydrogens is 392 g/mol. The molecule has 1 aliphatic heterocycles. The number of carbonyl (C=O) groups excluding carboxylic acids is 2. The Labute approximate surface area is 183 Å². The Morgan fingerprint density at radius 2 is 1.71 bits per heavy atom. The summed E-state index contributed by atoms with van der Waals surface area (Å²) in [6.07, 6.45) is 0.868. The molecule has 1 aliphatic rings. The number of aromatic nitrogens is 1. The number of hydrogen-bond acceptors (Lipinski definition) is 5. The van der Waals surface area contributed by atoms with Gasteiger partial charge in [0.05, 0.1) is 18.7 Å². The summed E-state index contributed by atoms with van der Waals surface area (Å²) >= 11 is 0. The van der Waals surface area contributed by atoms with E-state index < -0.39 is 0 Å². The highest BCUT2D eigenvalue weighted by atomic mass is 16.2. The molecule has 164 valence electrons. The standard InChI is InChI=1S/C23H30N6O2/c1-17-18(2)29(14-19-7-4-3-5-8-19)23(20(17)13-24)26-22(31)16-28-10-6-9-27(11-12-28)15-21(25)30/h3-5,7-8H,6,9-12,14-16H2,1-2H3,(H2,25,30)(H,26,31). The van der Waals surface area contributed by atoms with E-state index in [1.54, 1.807) is 0 Å². The third kappa shape index (κ3) is 5.72. The molecule has 2 amide bonds. The van der Waals surface area contributed by atoms with E-state index in [4.69, 9.17) is 5.73 Å². The van der Waals surface area contributed by atoms with E-state index in [0.717, 1.165) is 36.3 Å². The van der Waals surface area contributed by atoms with Crippen molar-refractivity contribution in [2.24, 2.45) is 5.73 Å². The summed E-state index contributed by atoms with van der Waals surface area (Å²) in [5.74, 6) is 0.0725. The van der Waals surface area contributed by atoms with Crippen molar-refractivity contribution in [3.8, 4) is 6.07 Å². The molecule has 31 heavy (non-hydrogen) atoms. The molecule has 1 saturated heterocycles. The summed E-state index contributed by atoms with van der Waals surface area (Å²) in [5.41, 5.74) is 8.75. The van der Waals surface area contributed by atoms with Crippen LogP contribution in [-0.4, -0.2) is 65.4 Å². The fraction of sp³-hybridized carbons (Fsp3) is 0.435. The Hall–Kier alpha value is -3.15. The van der Waals surface area contributed by atoms with E-state index in [-0.39, 0.29) is 24.9 Å². The van der Waals surface area contributed by atoms with E-state index in [0.29, 0.717) is 31.0 Å². The van der Waals surface area contributed by atoms with Gasteiger partial charge in [0.2, 0.25) is 11.8 Å². The van der Waals surface area contributed by atoms with Crippen LogP contribution in [0.2, 0.25) is 0 Å². The summed E-state index contributed by atoms with van der Waals surface area (Å²) in [6.45, 7) is 7.90. The van der Waals surface area contributed by atoms with Crippen molar-refractivity contribution < 1.29 is 9.59 Å². The Bertz CT molecular complexity index is 976. The molecule has 0 aliphatic carbocycles. The predicted octanol–water partition coefficient (Wildman–Crippen LogP) is 1.46. The smallest absolute Gasteiger partial charge is 0.239 e. The highest BCUT2D eigenvalue weighted by Crippen LogP contribution is 2.27. The van der Waals surface area contributed by atoms with Gasteiger partial charge in [-0.3, -0.25) is 19.4 Å². The highest BCUT2D eigenvalue weighted by Gasteiger charge is 2.22. The molecule has 2 heterocycles. The van der Waals surface area contributed by atoms with Gasteiger partial charge in [-0.1, -0.05) is 30.3 Å². The van der Waals surface area contributed by atoms with Crippen molar-refractivity contribution in [1.29, 1.82) is 5.26 Å². The van der Waals surface area contributed by atoms with Gasteiger partial charge in [0, 0.05) is 25.3 Å². The van der Waals surface area contributed by atoms with Crippen LogP contribution in [0.3, 0.4) is 0 Å². The summed E-state index contributed by atoms with van der Waals surface area (Å²) in [6, 6.07) is 12.2. The molecular formula is C23H30N6O2. The Balaban J connectivity index is 1.71. The van der Waals surface area contributed by atoms with Crippen LogP contribution in [0, 0.1) is 25.2 Å². The maximum Gasteiger partial charge on any atom is 0.239 e. The molecule has 0 spiro atoms. The molecule has 0 saturated carbocycles. The minimum absolute atomic E-state index is 0.147. The second-order valence-electron chi connectivity index (χ2n) is 8.04. The first-order valence-electron chi connectivity index (χ1n) is 10.6. The van der Waals surface area contributed by atoms with E-state index in [1.807, 2.05) is 53.6 Å². The zero-order valence-corrected chi connectivity index (χ0v) is 18.2. The predicted molar refractivity (Wildman–Crippen MR) is 119 cm³/mol. The average molecular weight is 423 g/mol. The third-order valence-corrected chi connectivity index (χ3v) is 5.81. The maximum absolute atomic E-state index is 12.9. The number of anilines is 1. The number of nitrogens with one attached hydrogen (secondary N) is 1. The number of rotatable bonds is 7. The Morgan fingerprint density at radius 1 is 1.06 bits per heavy atom. The molecule has 2 aromatic rings. The van der Waals surface area contributed by atoms with Gasteiger partial charge in [-0.2, -0.15) is 5.26 Å². The molecule has 0 atom stereocenters. The quantitative estimate of drug-likeness (QED) is 0.702. The van der Waals surface area contributed by atoms with E-state index >= 15 is 0 Å². The summed E-state index contributed by atoms with van der Waals surface area (Å²) in [5, 5.41) is 12.7. The van der Waals surface area contributed by atoms with Gasteiger partial charge in [-0.25, -0.2) is 0 Å². The number of nitrogens with two attached hydrogens (primary N) is 1. The van der Waals surface area contributed by atoms with E-state index in [9.17, 15) is 14.9 Å². The van der Waals surface area contributed by atoms with Gasteiger partial charge < -0.3 is 15.6 Å². The van der Waals surface area contributed by atoms with E-state index in [2.05, 4.69) is 16.3 Å². The van der Waals surface area contributed by atoms with Gasteiger partial charge in [0.1, 0.15) is 11.9 Å². The SMILES string of the molecule is Cc1c(C#N)c(NC(=O)CN2CCCN(CC(N)=O)CC2)n(Cc2ccccc2)c1C. The lowest BCUT2D eigenvalue weighted by molar-refractivity contribution is -0.119. The summed E-state index contributed by atoms with van der Waals surface area (Å²) in [4.78, 5) is 28.1. The fourth-order valence-corrected chi connectivity index (χ4v) is 4.03. The van der Waals surface area contributed by atoms with Crippen LogP contribution in [0.4, 0.5) is 5.82 Å². The van der Waals surface area contributed by atoms with Gasteiger partial charge in [0.15, 0.2) is 0 Å². The number of amides is 2. The summed E-state index contributed by atoms with van der Waals surface area (Å²) in [7, 11) is 0. The van der Waals surface area contributed by atoms with E-state index in [1.165, 1.54) is 0 Å². The van der Waals surface area contributed by atoms with Crippen LogP contribution in [0.15, 0.2) is 30.3 Å². The number of primary amides is 1. The van der Waals surface area contributed by atoms with Gasteiger partial charge in [-0.05, 0) is 44.5 Å². The number of nitrogens with zero attached hydrogens (tertiary/aromatic N) is 4. The first kappa shape index (κ1) is 22.5. The number of benzene rings is 1. The minimum atomic E-state index is -0.333. The maximum atomic E-state index is 12.9. The average Bonchev–Trinajstić information content (AvgIpc) is 2.88. The second kappa shape index (κ2) is 10.2. The van der Waals surface area contributed by atoms with Crippen molar-refractivity contribution in [2.75, 3.05) is 44.6 Å². The Kier molecular flexibility index (Phi) is 7.45. The Morgan fingerprint density at radius 3 is 2.32 bits per heavy atom. The first-order valence-corrected chi connectivity index (χ1v) is 10.6. The largest absolute Gasteiger partial charge is 0.369 e. The van der Waals surface area contributed by atoms with Gasteiger partial charge in [0.25, 0.3) is 0 Å². The van der Waals surface area contributed by atoms with Crippen molar-refractivity contribution in [3.05, 3.63) is 52.7 Å². The van der Waals surface area contributed by atoms with Crippen molar-refractivity contribution >= 4 is 17.6 Å². The number of carbonyl (C=O) groups is 2. The van der Waals surface area contributed by atoms with Crippen molar-refractivity contribution in [1.82, 2.24) is 14.4 Å². The zero-order valence-electron chi connectivity index (χ0n) is 18.2.